The Balaban J connectivity index is 1.67. The van der Waals surface area contributed by atoms with Crippen molar-refractivity contribution in [2.75, 3.05) is 6.61 Å². The van der Waals surface area contributed by atoms with E-state index in [0.717, 1.165) is 36.4 Å². The van der Waals surface area contributed by atoms with Crippen LogP contribution in [0.5, 0.6) is 5.88 Å². The van der Waals surface area contributed by atoms with Gasteiger partial charge >= 0.3 is 12.1 Å². The van der Waals surface area contributed by atoms with E-state index in [-0.39, 0.29) is 6.42 Å². The van der Waals surface area contributed by atoms with Gasteiger partial charge in [0.2, 0.25) is 5.88 Å². The second-order valence-electron chi connectivity index (χ2n) is 7.51. The summed E-state index contributed by atoms with van der Waals surface area (Å²) in [7, 11) is 0. The smallest absolute Gasteiger partial charge is 0.417 e. The largest absolute Gasteiger partial charge is 0.481 e. The number of pyridine rings is 1. The van der Waals surface area contributed by atoms with Gasteiger partial charge in [-0.05, 0) is 43.9 Å². The Kier molecular flexibility index (Phi) is 7.72. The van der Waals surface area contributed by atoms with Gasteiger partial charge in [-0.2, -0.15) is 23.4 Å². The average molecular weight is 465 g/mol. The van der Waals surface area contributed by atoms with Gasteiger partial charge in [0.15, 0.2) is 5.82 Å². The van der Waals surface area contributed by atoms with Crippen molar-refractivity contribution in [1.29, 1.82) is 0 Å². The normalized spacial score (nSPS) is 11.7. The molecule has 0 saturated heterocycles. The van der Waals surface area contributed by atoms with E-state index in [1.54, 1.807) is 10.9 Å². The molecule has 0 aliphatic rings. The van der Waals surface area contributed by atoms with Crippen molar-refractivity contribution >= 4 is 5.97 Å². The lowest BCUT2D eigenvalue weighted by molar-refractivity contribution is -0.138. The molecule has 0 spiro atoms. The van der Waals surface area contributed by atoms with E-state index in [1.165, 1.54) is 16.9 Å². The number of rotatable bonds is 11. The highest BCUT2D eigenvalue weighted by atomic mass is 19.4. The van der Waals surface area contributed by atoms with Crippen molar-refractivity contribution in [3.8, 4) is 11.7 Å². The van der Waals surface area contributed by atoms with Gasteiger partial charge in [0.1, 0.15) is 0 Å². The minimum atomic E-state index is -4.44. The van der Waals surface area contributed by atoms with Gasteiger partial charge in [-0.15, -0.1) is 0 Å². The molecule has 0 saturated carbocycles. The van der Waals surface area contributed by atoms with Crippen LogP contribution in [-0.4, -0.2) is 42.2 Å². The average Bonchev–Trinajstić information content (AvgIpc) is 3.34. The molecule has 11 heteroatoms. The number of aliphatic carboxylic acids is 1. The molecule has 3 aromatic heterocycles. The molecule has 3 rings (SSSR count). The topological polar surface area (TPSA) is 95.1 Å². The third-order valence-electron chi connectivity index (χ3n) is 5.01. The van der Waals surface area contributed by atoms with Crippen molar-refractivity contribution in [3.05, 3.63) is 53.1 Å². The summed E-state index contributed by atoms with van der Waals surface area (Å²) in [6, 6.07) is 2.29. The number of nitrogens with zero attached hydrogens (tertiary/aromatic N) is 5. The fourth-order valence-electron chi connectivity index (χ4n) is 3.43. The Morgan fingerprint density at radius 3 is 2.55 bits per heavy atom. The quantitative estimate of drug-likeness (QED) is 0.429. The first-order valence-corrected chi connectivity index (χ1v) is 10.7. The first kappa shape index (κ1) is 24.3. The van der Waals surface area contributed by atoms with Crippen LogP contribution in [0, 0.1) is 0 Å². The molecule has 0 bridgehead atoms. The summed E-state index contributed by atoms with van der Waals surface area (Å²) in [6.07, 6.45) is 2.38. The lowest BCUT2D eigenvalue weighted by Gasteiger charge is -2.09. The summed E-state index contributed by atoms with van der Waals surface area (Å²) in [4.78, 5) is 15.0. The lowest BCUT2D eigenvalue weighted by atomic mass is 10.1. The molecule has 0 atom stereocenters. The molecular weight excluding hydrogens is 439 g/mol. The Hall–Kier alpha value is -3.37. The third kappa shape index (κ3) is 6.11. The van der Waals surface area contributed by atoms with E-state index < -0.39 is 17.7 Å². The molecule has 3 aromatic rings. The SMILES string of the molecule is CCCc1nn(-c2ccc(C(F)(F)F)cn2)cc1CCCOc1c(CC(=O)O)cnn1CC. The minimum Gasteiger partial charge on any atom is -0.481 e. The molecule has 33 heavy (non-hydrogen) atoms. The highest BCUT2D eigenvalue weighted by Crippen LogP contribution is 2.29. The Labute approximate surface area is 189 Å². The molecule has 0 aliphatic carbocycles. The van der Waals surface area contributed by atoms with Gasteiger partial charge in [-0.3, -0.25) is 4.79 Å². The molecule has 0 amide bonds. The number of carbonyl (C=O) groups is 1. The highest BCUT2D eigenvalue weighted by molar-refractivity contribution is 5.70. The van der Waals surface area contributed by atoms with Gasteiger partial charge < -0.3 is 9.84 Å². The monoisotopic (exact) mass is 465 g/mol. The fraction of sp³-hybridized carbons (Fsp3) is 0.455. The molecular formula is C22H26F3N5O3. The molecule has 0 unspecified atom stereocenters. The second-order valence-corrected chi connectivity index (χ2v) is 7.51. The van der Waals surface area contributed by atoms with Gasteiger partial charge in [0.25, 0.3) is 0 Å². The van der Waals surface area contributed by atoms with Gasteiger partial charge in [0.05, 0.1) is 30.5 Å². The lowest BCUT2D eigenvalue weighted by Crippen LogP contribution is -2.09. The van der Waals surface area contributed by atoms with Crippen molar-refractivity contribution in [2.24, 2.45) is 0 Å². The summed E-state index contributed by atoms with van der Waals surface area (Å²) in [5.41, 5.74) is 1.55. The maximum Gasteiger partial charge on any atom is 0.417 e. The van der Waals surface area contributed by atoms with Crippen LogP contribution in [0.15, 0.2) is 30.7 Å². The van der Waals surface area contributed by atoms with E-state index in [0.29, 0.717) is 43.3 Å². The molecule has 0 aliphatic heterocycles. The number of carboxylic acid groups (broad SMARTS) is 1. The van der Waals surface area contributed by atoms with Crippen molar-refractivity contribution in [3.63, 3.8) is 0 Å². The van der Waals surface area contributed by atoms with Gasteiger partial charge in [-0.25, -0.2) is 14.3 Å². The number of hydrogen-bond acceptors (Lipinski definition) is 5. The first-order valence-electron chi connectivity index (χ1n) is 10.7. The first-order chi connectivity index (χ1) is 15.7. The number of ether oxygens (including phenoxy) is 1. The maximum atomic E-state index is 12.8. The van der Waals surface area contributed by atoms with Crippen molar-refractivity contribution < 1.29 is 27.8 Å². The molecule has 8 nitrogen and oxygen atoms in total. The van der Waals surface area contributed by atoms with Crippen LogP contribution >= 0.6 is 0 Å². The molecule has 0 aromatic carbocycles. The van der Waals surface area contributed by atoms with E-state index in [9.17, 15) is 18.0 Å². The van der Waals surface area contributed by atoms with Crippen LogP contribution in [0.2, 0.25) is 0 Å². The zero-order valence-corrected chi connectivity index (χ0v) is 18.5. The zero-order valence-electron chi connectivity index (χ0n) is 18.5. The summed E-state index contributed by atoms with van der Waals surface area (Å²) in [5, 5.41) is 17.7. The standard InChI is InChI=1S/C22H26F3N5O3/c1-3-6-18-15(14-30(28-18)19-9-8-17(13-26-19)22(23,24)25)7-5-10-33-21-16(11-20(31)32)12-27-29(21)4-2/h8-9,12-14H,3-7,10-11H2,1-2H3,(H,31,32). The number of hydrogen-bond donors (Lipinski definition) is 1. The summed E-state index contributed by atoms with van der Waals surface area (Å²) < 4.78 is 47.3. The number of halogens is 3. The Morgan fingerprint density at radius 2 is 1.94 bits per heavy atom. The fourth-order valence-corrected chi connectivity index (χ4v) is 3.43. The molecule has 1 N–H and O–H groups in total. The van der Waals surface area contributed by atoms with Crippen LogP contribution in [0.25, 0.3) is 5.82 Å². The van der Waals surface area contributed by atoms with E-state index in [2.05, 4.69) is 15.2 Å². The van der Waals surface area contributed by atoms with E-state index in [4.69, 9.17) is 9.84 Å². The van der Waals surface area contributed by atoms with Gasteiger partial charge in [-0.1, -0.05) is 13.3 Å². The van der Waals surface area contributed by atoms with E-state index in [1.807, 2.05) is 13.8 Å². The third-order valence-corrected chi connectivity index (χ3v) is 5.01. The van der Waals surface area contributed by atoms with Crippen LogP contribution in [-0.2, 0) is 36.8 Å². The summed E-state index contributed by atoms with van der Waals surface area (Å²) in [6.45, 7) is 4.83. The van der Waals surface area contributed by atoms with Crippen LogP contribution < -0.4 is 4.74 Å². The minimum absolute atomic E-state index is 0.164. The van der Waals surface area contributed by atoms with Crippen LogP contribution in [0.4, 0.5) is 13.2 Å². The summed E-state index contributed by atoms with van der Waals surface area (Å²) in [5.74, 6) is -0.185. The van der Waals surface area contributed by atoms with E-state index >= 15 is 0 Å². The maximum absolute atomic E-state index is 12.8. The van der Waals surface area contributed by atoms with Crippen LogP contribution in [0.1, 0.15) is 49.1 Å². The number of alkyl halides is 3. The molecule has 0 fully saturated rings. The number of carboxylic acids is 1. The van der Waals surface area contributed by atoms with Gasteiger partial charge in [0, 0.05) is 24.5 Å². The Morgan fingerprint density at radius 1 is 1.15 bits per heavy atom. The van der Waals surface area contributed by atoms with Crippen molar-refractivity contribution in [1.82, 2.24) is 24.5 Å². The Bertz CT molecular complexity index is 1070. The molecule has 3 heterocycles. The second kappa shape index (κ2) is 10.5. The predicted molar refractivity (Wildman–Crippen MR) is 113 cm³/mol. The predicted octanol–water partition coefficient (Wildman–Crippen LogP) is 4.09. The van der Waals surface area contributed by atoms with Crippen molar-refractivity contribution in [2.45, 2.75) is 58.7 Å². The molecule has 0 radical (unpaired) electrons. The highest BCUT2D eigenvalue weighted by Gasteiger charge is 2.30. The zero-order chi connectivity index (χ0) is 24.0. The van der Waals surface area contributed by atoms with Crippen LogP contribution in [0.3, 0.4) is 0 Å². The molecule has 178 valence electrons. The number of aromatic nitrogens is 5. The summed E-state index contributed by atoms with van der Waals surface area (Å²) >= 11 is 0. The number of aryl methyl sites for hydroxylation is 3.